The van der Waals surface area contributed by atoms with Crippen LogP contribution >= 0.6 is 0 Å². The Labute approximate surface area is 242 Å². The molecule has 5 unspecified atom stereocenters. The van der Waals surface area contributed by atoms with Gasteiger partial charge in [0.1, 0.15) is 30.0 Å². The molecule has 3 amide bonds. The van der Waals surface area contributed by atoms with Gasteiger partial charge in [0, 0.05) is 37.6 Å². The molecule has 4 aliphatic rings. The third-order valence-electron chi connectivity index (χ3n) is 10.6. The molecule has 6 rings (SSSR count). The van der Waals surface area contributed by atoms with Crippen LogP contribution in [0.15, 0.2) is 36.5 Å². The number of likely N-dealkylation sites (N-methyl/N-ethyl adjacent to an activating group) is 1. The first-order valence-electron chi connectivity index (χ1n) is 14.5. The third kappa shape index (κ3) is 4.45. The van der Waals surface area contributed by atoms with Gasteiger partial charge < -0.3 is 15.4 Å². The van der Waals surface area contributed by atoms with Crippen molar-refractivity contribution in [2.24, 2.45) is 24.3 Å². The zero-order valence-corrected chi connectivity index (χ0v) is 24.0. The highest BCUT2D eigenvalue weighted by Crippen LogP contribution is 2.65. The van der Waals surface area contributed by atoms with E-state index in [2.05, 4.69) is 17.3 Å². The number of nitrogens with one attached hydrogen (secondary N) is 2. The molecule has 3 heterocycles. The molecular formula is C30H37F3N5O4+. The largest absolute Gasteiger partial charge is 0.405 e. The highest BCUT2D eigenvalue weighted by molar-refractivity contribution is 6.01. The molecule has 2 aliphatic heterocycles. The Hall–Kier alpha value is -3.25. The van der Waals surface area contributed by atoms with Crippen molar-refractivity contribution in [2.45, 2.75) is 62.7 Å². The number of benzene rings is 1. The second-order valence-electron chi connectivity index (χ2n) is 12.9. The monoisotopic (exact) mass is 588 g/mol. The van der Waals surface area contributed by atoms with Crippen LogP contribution in [0.5, 0.6) is 0 Å². The molecule has 0 bridgehead atoms. The Morgan fingerprint density at radius 2 is 1.90 bits per heavy atom. The third-order valence-corrected chi connectivity index (χ3v) is 10.6. The van der Waals surface area contributed by atoms with Gasteiger partial charge in [-0.2, -0.15) is 18.3 Å². The summed E-state index contributed by atoms with van der Waals surface area (Å²) in [6.45, 7) is 1.04. The summed E-state index contributed by atoms with van der Waals surface area (Å²) in [5, 5.41) is 9.23. The number of nitrogens with zero attached hydrogens (tertiary/aromatic N) is 3. The van der Waals surface area contributed by atoms with Crippen molar-refractivity contribution in [1.82, 2.24) is 24.9 Å². The van der Waals surface area contributed by atoms with E-state index in [1.54, 1.807) is 43.6 Å². The molecule has 2 N–H and O–H groups in total. The van der Waals surface area contributed by atoms with E-state index in [0.717, 1.165) is 25.7 Å². The van der Waals surface area contributed by atoms with E-state index in [4.69, 9.17) is 4.74 Å². The van der Waals surface area contributed by atoms with Crippen LogP contribution in [-0.2, 0) is 26.8 Å². The van der Waals surface area contributed by atoms with Gasteiger partial charge in [0.2, 0.25) is 5.91 Å². The normalized spacial score (nSPS) is 34.4. The molecule has 0 radical (unpaired) electrons. The van der Waals surface area contributed by atoms with Crippen LogP contribution in [0.2, 0.25) is 0 Å². The number of likely N-dealkylation sites (tertiary alicyclic amines) is 1. The minimum Gasteiger partial charge on any atom is -0.380 e. The van der Waals surface area contributed by atoms with Crippen molar-refractivity contribution in [2.75, 3.05) is 26.8 Å². The number of alkyl halides is 3. The zero-order valence-electron chi connectivity index (χ0n) is 24.0. The summed E-state index contributed by atoms with van der Waals surface area (Å²) >= 11 is 0. The van der Waals surface area contributed by atoms with E-state index in [1.807, 2.05) is 12.4 Å². The Kier molecular flexibility index (Phi) is 6.80. The molecular weight excluding hydrogens is 551 g/mol. The van der Waals surface area contributed by atoms with Crippen LogP contribution in [0.25, 0.3) is 0 Å². The van der Waals surface area contributed by atoms with Crippen molar-refractivity contribution in [1.29, 1.82) is 0 Å². The Balaban J connectivity index is 1.31. The molecule has 42 heavy (non-hydrogen) atoms. The molecule has 1 aromatic carbocycles. The number of fused-ring (bicyclic) bond motifs is 1. The second kappa shape index (κ2) is 9.90. The average molecular weight is 589 g/mol. The van der Waals surface area contributed by atoms with Gasteiger partial charge >= 0.3 is 12.1 Å². The first kappa shape index (κ1) is 28.9. The molecule has 0 spiro atoms. The van der Waals surface area contributed by atoms with Crippen LogP contribution in [-0.4, -0.2) is 72.6 Å². The number of piperidine rings is 1. The second-order valence-corrected chi connectivity index (χ2v) is 12.9. The van der Waals surface area contributed by atoms with Crippen molar-refractivity contribution < 1.29 is 32.3 Å². The summed E-state index contributed by atoms with van der Waals surface area (Å²) in [6, 6.07) is 8.03. The maximum Gasteiger partial charge on any atom is 0.405 e. The Morgan fingerprint density at radius 3 is 2.45 bits per heavy atom. The summed E-state index contributed by atoms with van der Waals surface area (Å²) in [5.41, 5.74) is 0.261. The Bertz CT molecular complexity index is 1400. The lowest BCUT2D eigenvalue weighted by molar-refractivity contribution is -0.142. The number of carbonyl (C=O) groups excluding carboxylic acids is 3. The molecule has 6 atom stereocenters. The van der Waals surface area contributed by atoms with Gasteiger partial charge in [-0.1, -0.05) is 38.3 Å². The summed E-state index contributed by atoms with van der Waals surface area (Å²) in [4.78, 5) is 40.9. The summed E-state index contributed by atoms with van der Waals surface area (Å²) in [5.74, 6) is -0.750. The van der Waals surface area contributed by atoms with E-state index in [-0.39, 0.29) is 53.3 Å². The fourth-order valence-electron chi connectivity index (χ4n) is 7.89. The number of quaternary nitrogens is 1. The van der Waals surface area contributed by atoms with Crippen LogP contribution in [0, 0.1) is 17.3 Å². The smallest absolute Gasteiger partial charge is 0.380 e. The number of amides is 3. The fraction of sp³-hybridized carbons (Fsp3) is 0.600. The van der Waals surface area contributed by atoms with E-state index >= 15 is 0 Å². The first-order valence-corrected chi connectivity index (χ1v) is 14.5. The van der Waals surface area contributed by atoms with E-state index < -0.39 is 30.1 Å². The molecule has 226 valence electrons. The maximum atomic E-state index is 14.5. The standard InChI is InChI=1S/C30H36F3N5O4/c1-28-15-22(28)38(3,26(40)24(23(28)18-5-4-6-18)36-25(39)21-11-13-35-37(21)2)20-9-7-19(8-10-20)29(12-14-42-17-29)27(41)34-16-30(31,32)33/h7-11,13,18,22-24H,4-6,12,14-17H2,1-3H3,(H-,34,36,39,41)/p+1/t22?,23?,24-,28?,29?,38?/m0/s1. The zero-order chi connectivity index (χ0) is 30.1. The number of halogens is 3. The molecule has 9 nitrogen and oxygen atoms in total. The molecule has 4 fully saturated rings. The van der Waals surface area contributed by atoms with Crippen LogP contribution in [0.3, 0.4) is 0 Å². The maximum absolute atomic E-state index is 14.5. The minimum atomic E-state index is -4.52. The van der Waals surface area contributed by atoms with Crippen molar-refractivity contribution in [3.8, 4) is 0 Å². The number of aromatic nitrogens is 2. The van der Waals surface area contributed by atoms with Gasteiger partial charge in [-0.15, -0.1) is 0 Å². The van der Waals surface area contributed by atoms with Gasteiger partial charge in [-0.3, -0.25) is 14.3 Å². The van der Waals surface area contributed by atoms with E-state index in [9.17, 15) is 27.6 Å². The lowest BCUT2D eigenvalue weighted by Crippen LogP contribution is -2.69. The average Bonchev–Trinajstić information content (AvgIpc) is 3.25. The number of carbonyl (C=O) groups is 3. The van der Waals surface area contributed by atoms with E-state index in [1.165, 1.54) is 4.68 Å². The quantitative estimate of drug-likeness (QED) is 0.484. The van der Waals surface area contributed by atoms with Gasteiger partial charge in [0.05, 0.1) is 19.1 Å². The molecule has 12 heteroatoms. The number of hydrogen-bond acceptors (Lipinski definition) is 5. The van der Waals surface area contributed by atoms with Gasteiger partial charge in [-0.25, -0.2) is 9.28 Å². The summed E-state index contributed by atoms with van der Waals surface area (Å²) < 4.78 is 45.5. The summed E-state index contributed by atoms with van der Waals surface area (Å²) in [6.07, 6.45) is 1.32. The molecule has 2 aromatic rings. The number of ether oxygens (including phenoxy) is 1. The fourth-order valence-corrected chi connectivity index (χ4v) is 7.89. The first-order chi connectivity index (χ1) is 19.8. The predicted molar refractivity (Wildman–Crippen MR) is 147 cm³/mol. The highest BCUT2D eigenvalue weighted by Gasteiger charge is 2.75. The van der Waals surface area contributed by atoms with Gasteiger partial charge in [0.25, 0.3) is 5.91 Å². The molecule has 2 saturated heterocycles. The molecule has 2 aliphatic carbocycles. The van der Waals surface area contributed by atoms with Gasteiger partial charge in [0.15, 0.2) is 0 Å². The topological polar surface area (TPSA) is 102 Å². The lowest BCUT2D eigenvalue weighted by atomic mass is 9.64. The van der Waals surface area contributed by atoms with Gasteiger partial charge in [-0.05, 0) is 36.1 Å². The Morgan fingerprint density at radius 1 is 1.19 bits per heavy atom. The van der Waals surface area contributed by atoms with Crippen LogP contribution in [0.4, 0.5) is 18.9 Å². The predicted octanol–water partition coefficient (Wildman–Crippen LogP) is 3.23. The lowest BCUT2D eigenvalue weighted by Gasteiger charge is -2.49. The van der Waals surface area contributed by atoms with Crippen molar-refractivity contribution >= 4 is 23.4 Å². The summed E-state index contributed by atoms with van der Waals surface area (Å²) in [7, 11) is 3.57. The number of hydrogen-bond donors (Lipinski definition) is 2. The van der Waals surface area contributed by atoms with Crippen molar-refractivity contribution in [3.63, 3.8) is 0 Å². The highest BCUT2D eigenvalue weighted by atomic mass is 19.4. The van der Waals surface area contributed by atoms with Crippen LogP contribution in [0.1, 0.15) is 55.1 Å². The van der Waals surface area contributed by atoms with Crippen molar-refractivity contribution in [3.05, 3.63) is 47.8 Å². The number of aryl methyl sites for hydroxylation is 1. The minimum absolute atomic E-state index is 0.000103. The van der Waals surface area contributed by atoms with E-state index in [0.29, 0.717) is 22.9 Å². The molecule has 1 aromatic heterocycles. The van der Waals surface area contributed by atoms with Crippen LogP contribution < -0.4 is 15.1 Å². The number of rotatable bonds is 7. The molecule has 2 saturated carbocycles. The SMILES string of the molecule is Cn1nccc1C(=O)N[C@@H]1C(=O)[N+](C)(c2ccc(C3(C(=O)NCC(F)(F)F)CCOC3)cc2)C2CC2(C)C1C1CCC1.